The maximum Gasteiger partial charge on any atom is 0.200 e. The van der Waals surface area contributed by atoms with Crippen molar-refractivity contribution in [1.82, 2.24) is 0 Å². The van der Waals surface area contributed by atoms with Crippen LogP contribution in [-0.2, 0) is 4.74 Å². The van der Waals surface area contributed by atoms with Crippen LogP contribution >= 0.6 is 0 Å². The van der Waals surface area contributed by atoms with Crippen LogP contribution in [0.4, 0.5) is 0 Å². The summed E-state index contributed by atoms with van der Waals surface area (Å²) in [5, 5.41) is 39.7. The van der Waals surface area contributed by atoms with E-state index in [1.54, 1.807) is 43.3 Å². The van der Waals surface area contributed by atoms with E-state index >= 15 is 0 Å². The Hall–Kier alpha value is -3.15. The fourth-order valence-corrected chi connectivity index (χ4v) is 4.40. The molecule has 2 aromatic carbocycles. The first-order chi connectivity index (χ1) is 16.9. The van der Waals surface area contributed by atoms with E-state index in [9.17, 15) is 25.2 Å². The van der Waals surface area contributed by atoms with Gasteiger partial charge in [-0.05, 0) is 36.8 Å². The molecule has 10 nitrogen and oxygen atoms in total. The molecular weight excluding hydrogens is 460 g/mol. The standard InChI is InChI=1S/C25H26O10/c1-12-21(13-2-5-16-18(8-13)32-7-6-31-16)22(27)15-4-3-14(9-17(15)34-12)33-11-20-24(29)25(30)23(28)19(10-26)35-20/h2-5,8-9,19-20,23-26,28-30H,6-7,10-11H2,1H3/t19-,20+,23+,24+,25+/m0/s1. The Morgan fingerprint density at radius 3 is 2.46 bits per heavy atom. The van der Waals surface area contributed by atoms with Gasteiger partial charge in [-0.25, -0.2) is 0 Å². The average Bonchev–Trinajstić information content (AvgIpc) is 2.86. The van der Waals surface area contributed by atoms with E-state index in [0.29, 0.717) is 58.3 Å². The summed E-state index contributed by atoms with van der Waals surface area (Å²) in [6.07, 6.45) is -6.31. The molecule has 0 radical (unpaired) electrons. The third-order valence-corrected chi connectivity index (χ3v) is 6.28. The van der Waals surface area contributed by atoms with Gasteiger partial charge in [0, 0.05) is 6.07 Å². The van der Waals surface area contributed by atoms with Crippen LogP contribution in [0.5, 0.6) is 17.2 Å². The lowest BCUT2D eigenvalue weighted by Gasteiger charge is -2.39. The van der Waals surface area contributed by atoms with Crippen LogP contribution in [-0.4, -0.2) is 77.4 Å². The Balaban J connectivity index is 1.39. The molecular formula is C25H26O10. The molecule has 5 rings (SSSR count). The molecule has 3 heterocycles. The quantitative estimate of drug-likeness (QED) is 0.407. The second-order valence-corrected chi connectivity index (χ2v) is 8.56. The summed E-state index contributed by atoms with van der Waals surface area (Å²) in [5.74, 6) is 1.97. The molecule has 1 saturated heterocycles. The molecule has 186 valence electrons. The molecule has 0 spiro atoms. The zero-order valence-electron chi connectivity index (χ0n) is 18.9. The van der Waals surface area contributed by atoms with Crippen molar-refractivity contribution >= 4 is 11.0 Å². The lowest BCUT2D eigenvalue weighted by molar-refractivity contribution is -0.234. The summed E-state index contributed by atoms with van der Waals surface area (Å²) in [6, 6.07) is 10.1. The summed E-state index contributed by atoms with van der Waals surface area (Å²) >= 11 is 0. The van der Waals surface area contributed by atoms with Crippen molar-refractivity contribution in [3.63, 3.8) is 0 Å². The average molecular weight is 486 g/mol. The van der Waals surface area contributed by atoms with Crippen LogP contribution in [0.2, 0.25) is 0 Å². The van der Waals surface area contributed by atoms with Crippen LogP contribution in [0.15, 0.2) is 45.6 Å². The predicted octanol–water partition coefficient (Wildman–Crippen LogP) is 0.761. The fourth-order valence-electron chi connectivity index (χ4n) is 4.40. The number of hydrogen-bond acceptors (Lipinski definition) is 10. The van der Waals surface area contributed by atoms with E-state index in [2.05, 4.69) is 0 Å². The lowest BCUT2D eigenvalue weighted by atomic mass is 9.95. The summed E-state index contributed by atoms with van der Waals surface area (Å²) in [4.78, 5) is 13.3. The molecule has 5 atom stereocenters. The normalized spacial score (nSPS) is 26.0. The molecule has 0 amide bonds. The molecule has 10 heteroatoms. The largest absolute Gasteiger partial charge is 0.491 e. The lowest BCUT2D eigenvalue weighted by Crippen LogP contribution is -2.59. The van der Waals surface area contributed by atoms with Gasteiger partial charge in [0.2, 0.25) is 5.43 Å². The molecule has 35 heavy (non-hydrogen) atoms. The van der Waals surface area contributed by atoms with Gasteiger partial charge >= 0.3 is 0 Å². The van der Waals surface area contributed by atoms with E-state index < -0.39 is 37.1 Å². The number of fused-ring (bicyclic) bond motifs is 2. The van der Waals surface area contributed by atoms with Gasteiger partial charge in [-0.2, -0.15) is 0 Å². The molecule has 0 unspecified atom stereocenters. The minimum atomic E-state index is -1.48. The maximum atomic E-state index is 13.3. The summed E-state index contributed by atoms with van der Waals surface area (Å²) in [6.45, 7) is 1.94. The van der Waals surface area contributed by atoms with Crippen molar-refractivity contribution < 1.29 is 43.8 Å². The molecule has 0 saturated carbocycles. The van der Waals surface area contributed by atoms with Crippen molar-refractivity contribution in [3.8, 4) is 28.4 Å². The third-order valence-electron chi connectivity index (χ3n) is 6.28. The van der Waals surface area contributed by atoms with Crippen molar-refractivity contribution in [2.24, 2.45) is 0 Å². The first kappa shape index (κ1) is 23.6. The fraction of sp³-hybridized carbons (Fsp3) is 0.400. The van der Waals surface area contributed by atoms with Crippen molar-refractivity contribution in [1.29, 1.82) is 0 Å². The van der Waals surface area contributed by atoms with Crippen molar-refractivity contribution in [2.45, 2.75) is 37.4 Å². The van der Waals surface area contributed by atoms with Crippen LogP contribution in [0.25, 0.3) is 22.1 Å². The number of aryl methyl sites for hydroxylation is 1. The number of rotatable bonds is 5. The Bertz CT molecular complexity index is 1280. The van der Waals surface area contributed by atoms with Gasteiger partial charge in [0.15, 0.2) is 11.5 Å². The summed E-state index contributed by atoms with van der Waals surface area (Å²) < 4.78 is 28.3. The number of benzene rings is 2. The molecule has 4 N–H and O–H groups in total. The minimum Gasteiger partial charge on any atom is -0.491 e. The van der Waals surface area contributed by atoms with E-state index in [1.807, 2.05) is 0 Å². The van der Waals surface area contributed by atoms with E-state index in [0.717, 1.165) is 0 Å². The van der Waals surface area contributed by atoms with Crippen molar-refractivity contribution in [3.05, 3.63) is 52.4 Å². The SMILES string of the molecule is Cc1oc2cc(OC[C@H]3O[C@@H](CO)[C@@H](O)[C@@H](O)[C@@H]3O)ccc2c(=O)c1-c1ccc2c(c1)OCCO2. The molecule has 1 aromatic heterocycles. The minimum absolute atomic E-state index is 0.161. The highest BCUT2D eigenvalue weighted by atomic mass is 16.6. The van der Waals surface area contributed by atoms with Crippen molar-refractivity contribution in [2.75, 3.05) is 26.4 Å². The van der Waals surface area contributed by atoms with E-state index in [4.69, 9.17) is 23.4 Å². The molecule has 0 aliphatic carbocycles. The number of hydrogen-bond donors (Lipinski definition) is 4. The topological polar surface area (TPSA) is 148 Å². The Morgan fingerprint density at radius 1 is 0.943 bits per heavy atom. The van der Waals surface area contributed by atoms with Gasteiger partial charge < -0.3 is 43.8 Å². The monoisotopic (exact) mass is 486 g/mol. The first-order valence-corrected chi connectivity index (χ1v) is 11.3. The molecule has 2 aliphatic heterocycles. The summed E-state index contributed by atoms with van der Waals surface area (Å²) in [5.41, 5.74) is 1.19. The highest BCUT2D eigenvalue weighted by molar-refractivity contribution is 5.84. The number of aliphatic hydroxyl groups is 4. The van der Waals surface area contributed by atoms with E-state index in [1.165, 1.54) is 0 Å². The second kappa shape index (κ2) is 9.48. The third kappa shape index (κ3) is 4.35. The smallest absolute Gasteiger partial charge is 0.200 e. The summed E-state index contributed by atoms with van der Waals surface area (Å²) in [7, 11) is 0. The van der Waals surface area contributed by atoms with Gasteiger partial charge in [-0.15, -0.1) is 0 Å². The highest BCUT2D eigenvalue weighted by Gasteiger charge is 2.43. The number of aliphatic hydroxyl groups excluding tert-OH is 4. The molecule has 1 fully saturated rings. The second-order valence-electron chi connectivity index (χ2n) is 8.56. The molecule has 2 aliphatic rings. The Morgan fingerprint density at radius 2 is 1.69 bits per heavy atom. The maximum absolute atomic E-state index is 13.3. The van der Waals surface area contributed by atoms with Crippen LogP contribution in [0.1, 0.15) is 5.76 Å². The zero-order chi connectivity index (χ0) is 24.7. The van der Waals surface area contributed by atoms with Crippen LogP contribution < -0.4 is 19.6 Å². The van der Waals surface area contributed by atoms with Gasteiger partial charge in [-0.3, -0.25) is 4.79 Å². The van der Waals surface area contributed by atoms with Gasteiger partial charge in [0.25, 0.3) is 0 Å². The first-order valence-electron chi connectivity index (χ1n) is 11.3. The zero-order valence-corrected chi connectivity index (χ0v) is 18.9. The Kier molecular flexibility index (Phi) is 6.39. The highest BCUT2D eigenvalue weighted by Crippen LogP contribution is 2.35. The van der Waals surface area contributed by atoms with Crippen LogP contribution in [0.3, 0.4) is 0 Å². The van der Waals surface area contributed by atoms with Gasteiger partial charge in [0.05, 0.1) is 17.6 Å². The molecule has 3 aromatic rings. The number of ether oxygens (including phenoxy) is 4. The molecule has 0 bridgehead atoms. The van der Waals surface area contributed by atoms with Gasteiger partial charge in [0.1, 0.15) is 67.4 Å². The van der Waals surface area contributed by atoms with Gasteiger partial charge in [-0.1, -0.05) is 6.07 Å². The predicted molar refractivity (Wildman–Crippen MR) is 123 cm³/mol. The van der Waals surface area contributed by atoms with Crippen LogP contribution in [0, 0.1) is 6.92 Å². The Labute approximate surface area is 199 Å². The van der Waals surface area contributed by atoms with E-state index in [-0.39, 0.29) is 12.0 Å².